The van der Waals surface area contributed by atoms with Crippen LogP contribution in [0.25, 0.3) is 0 Å². The minimum atomic E-state index is -0.286. The number of likely N-dealkylation sites (tertiary alicyclic amines) is 1. The number of carbonyl (C=O) groups excluding carboxylic acids is 1. The average Bonchev–Trinajstić information content (AvgIpc) is 2.88. The molecule has 0 aromatic rings. The van der Waals surface area contributed by atoms with Gasteiger partial charge in [0.15, 0.2) is 0 Å². The van der Waals surface area contributed by atoms with Crippen LogP contribution in [-0.2, 0) is 4.79 Å². The van der Waals surface area contributed by atoms with Crippen molar-refractivity contribution >= 4 is 5.91 Å². The average molecular weight is 267 g/mol. The first-order chi connectivity index (χ1) is 9.08. The van der Waals surface area contributed by atoms with Gasteiger partial charge in [0.2, 0.25) is 5.91 Å². The summed E-state index contributed by atoms with van der Waals surface area (Å²) >= 11 is 0. The maximum absolute atomic E-state index is 12.4. The van der Waals surface area contributed by atoms with Gasteiger partial charge in [-0.2, -0.15) is 0 Å². The zero-order valence-corrected chi connectivity index (χ0v) is 12.5. The van der Waals surface area contributed by atoms with Crippen LogP contribution in [0.1, 0.15) is 58.8 Å². The van der Waals surface area contributed by atoms with Gasteiger partial charge in [0.1, 0.15) is 0 Å². The van der Waals surface area contributed by atoms with Crippen LogP contribution in [0.5, 0.6) is 0 Å². The largest absolute Gasteiger partial charge is 0.393 e. The Morgan fingerprint density at radius 1 is 1.21 bits per heavy atom. The van der Waals surface area contributed by atoms with Gasteiger partial charge in [0.25, 0.3) is 0 Å². The van der Waals surface area contributed by atoms with Gasteiger partial charge >= 0.3 is 0 Å². The van der Waals surface area contributed by atoms with Crippen LogP contribution in [0.4, 0.5) is 0 Å². The van der Waals surface area contributed by atoms with E-state index in [2.05, 4.69) is 6.92 Å². The molecular formula is C16H29NO2. The third-order valence-corrected chi connectivity index (χ3v) is 5.05. The third kappa shape index (κ3) is 3.95. The van der Waals surface area contributed by atoms with E-state index in [0.717, 1.165) is 31.8 Å². The van der Waals surface area contributed by atoms with Crippen molar-refractivity contribution in [3.8, 4) is 0 Å². The lowest BCUT2D eigenvalue weighted by Gasteiger charge is -2.27. The molecule has 2 rings (SSSR count). The van der Waals surface area contributed by atoms with Crippen LogP contribution < -0.4 is 0 Å². The van der Waals surface area contributed by atoms with Gasteiger partial charge < -0.3 is 10.0 Å². The van der Waals surface area contributed by atoms with E-state index >= 15 is 0 Å². The van der Waals surface area contributed by atoms with Crippen LogP contribution in [0.3, 0.4) is 0 Å². The maximum atomic E-state index is 12.4. The van der Waals surface area contributed by atoms with Crippen molar-refractivity contribution in [2.45, 2.75) is 64.9 Å². The van der Waals surface area contributed by atoms with E-state index in [-0.39, 0.29) is 17.9 Å². The number of carbonyl (C=O) groups is 1. The summed E-state index contributed by atoms with van der Waals surface area (Å²) in [5.74, 6) is 1.53. The van der Waals surface area contributed by atoms with E-state index in [9.17, 15) is 9.90 Å². The van der Waals surface area contributed by atoms with E-state index in [1.54, 1.807) is 0 Å². The highest BCUT2D eigenvalue weighted by atomic mass is 16.3. The fraction of sp³-hybridized carbons (Fsp3) is 0.938. The van der Waals surface area contributed by atoms with E-state index in [4.69, 9.17) is 0 Å². The summed E-state index contributed by atoms with van der Waals surface area (Å²) in [5.41, 5.74) is 0. The lowest BCUT2D eigenvalue weighted by molar-refractivity contribution is -0.134. The molecule has 3 heteroatoms. The van der Waals surface area contributed by atoms with Crippen molar-refractivity contribution in [2.75, 3.05) is 13.1 Å². The van der Waals surface area contributed by atoms with Crippen LogP contribution in [0, 0.1) is 17.8 Å². The summed E-state index contributed by atoms with van der Waals surface area (Å²) in [6.45, 7) is 5.52. The molecule has 110 valence electrons. The normalized spacial score (nSPS) is 28.4. The maximum Gasteiger partial charge on any atom is 0.225 e. The second-order valence-electron chi connectivity index (χ2n) is 6.71. The molecular weight excluding hydrogens is 238 g/mol. The highest BCUT2D eigenvalue weighted by Crippen LogP contribution is 2.30. The number of amides is 1. The summed E-state index contributed by atoms with van der Waals surface area (Å²) in [4.78, 5) is 14.4. The lowest BCUT2D eigenvalue weighted by atomic mass is 9.83. The Kier molecular flexibility index (Phi) is 5.26. The second-order valence-corrected chi connectivity index (χ2v) is 6.71. The zero-order valence-electron chi connectivity index (χ0n) is 12.5. The van der Waals surface area contributed by atoms with Crippen molar-refractivity contribution < 1.29 is 9.90 Å². The van der Waals surface area contributed by atoms with Gasteiger partial charge in [-0.15, -0.1) is 0 Å². The quantitative estimate of drug-likeness (QED) is 0.851. The van der Waals surface area contributed by atoms with Crippen LogP contribution >= 0.6 is 0 Å². The molecule has 0 spiro atoms. The summed E-state index contributed by atoms with van der Waals surface area (Å²) in [6, 6.07) is 0. The molecule has 1 aliphatic carbocycles. The minimum Gasteiger partial charge on any atom is -0.393 e. The van der Waals surface area contributed by atoms with Crippen LogP contribution in [0.15, 0.2) is 0 Å². The monoisotopic (exact) mass is 267 g/mol. The van der Waals surface area contributed by atoms with E-state index in [1.807, 2.05) is 11.8 Å². The summed E-state index contributed by atoms with van der Waals surface area (Å²) < 4.78 is 0. The Hall–Kier alpha value is -0.570. The summed E-state index contributed by atoms with van der Waals surface area (Å²) in [5, 5.41) is 9.61. The van der Waals surface area contributed by atoms with Gasteiger partial charge in [-0.05, 0) is 25.7 Å². The number of rotatable bonds is 4. The molecule has 0 aromatic heterocycles. The highest BCUT2D eigenvalue weighted by molar-refractivity contribution is 5.78. The van der Waals surface area contributed by atoms with Crippen LogP contribution in [-0.4, -0.2) is 35.1 Å². The fourth-order valence-corrected chi connectivity index (χ4v) is 3.72. The SMILES string of the molecule is CC(CC1CCCCC1)C(=O)N1CCC(C(C)O)C1. The Balaban J connectivity index is 1.79. The van der Waals surface area contributed by atoms with Gasteiger partial charge in [0.05, 0.1) is 6.10 Å². The van der Waals surface area contributed by atoms with Crippen molar-refractivity contribution in [2.24, 2.45) is 17.8 Å². The lowest BCUT2D eigenvalue weighted by Crippen LogP contribution is -2.35. The molecule has 1 heterocycles. The molecule has 1 aliphatic heterocycles. The first-order valence-corrected chi connectivity index (χ1v) is 8.04. The molecule has 1 saturated heterocycles. The van der Waals surface area contributed by atoms with E-state index in [1.165, 1.54) is 32.1 Å². The standard InChI is InChI=1S/C16H29NO2/c1-12(10-14-6-4-3-5-7-14)16(19)17-9-8-15(11-17)13(2)18/h12-15,18H,3-11H2,1-2H3. The molecule has 1 N–H and O–H groups in total. The zero-order chi connectivity index (χ0) is 13.8. The van der Waals surface area contributed by atoms with Crippen molar-refractivity contribution in [1.82, 2.24) is 4.90 Å². The first kappa shape index (κ1) is 14.8. The molecule has 0 bridgehead atoms. The Bertz CT molecular complexity index is 297. The van der Waals surface area contributed by atoms with Crippen molar-refractivity contribution in [1.29, 1.82) is 0 Å². The predicted octanol–water partition coefficient (Wildman–Crippen LogP) is 2.82. The molecule has 3 atom stereocenters. The topological polar surface area (TPSA) is 40.5 Å². The molecule has 3 unspecified atom stereocenters. The minimum absolute atomic E-state index is 0.163. The molecule has 3 nitrogen and oxygen atoms in total. The molecule has 0 radical (unpaired) electrons. The molecule has 1 amide bonds. The molecule has 0 aromatic carbocycles. The summed E-state index contributed by atoms with van der Waals surface area (Å²) in [6.07, 6.45) is 8.43. The highest BCUT2D eigenvalue weighted by Gasteiger charge is 2.32. The van der Waals surface area contributed by atoms with E-state index < -0.39 is 0 Å². The second kappa shape index (κ2) is 6.74. The van der Waals surface area contributed by atoms with Gasteiger partial charge in [-0.3, -0.25) is 4.79 Å². The number of aliphatic hydroxyl groups excluding tert-OH is 1. The van der Waals surface area contributed by atoms with Crippen LogP contribution in [0.2, 0.25) is 0 Å². The third-order valence-electron chi connectivity index (χ3n) is 5.05. The Morgan fingerprint density at radius 2 is 1.89 bits per heavy atom. The van der Waals surface area contributed by atoms with Crippen molar-refractivity contribution in [3.05, 3.63) is 0 Å². The first-order valence-electron chi connectivity index (χ1n) is 8.04. The smallest absolute Gasteiger partial charge is 0.225 e. The molecule has 19 heavy (non-hydrogen) atoms. The van der Waals surface area contributed by atoms with E-state index in [0.29, 0.717) is 5.91 Å². The Morgan fingerprint density at radius 3 is 2.47 bits per heavy atom. The summed E-state index contributed by atoms with van der Waals surface area (Å²) in [7, 11) is 0. The van der Waals surface area contributed by atoms with Crippen molar-refractivity contribution in [3.63, 3.8) is 0 Å². The number of aliphatic hydroxyl groups is 1. The van der Waals surface area contributed by atoms with Gasteiger partial charge in [-0.25, -0.2) is 0 Å². The number of hydrogen-bond donors (Lipinski definition) is 1. The number of nitrogens with zero attached hydrogens (tertiary/aromatic N) is 1. The van der Waals surface area contributed by atoms with Gasteiger partial charge in [0, 0.05) is 24.9 Å². The molecule has 2 fully saturated rings. The fourth-order valence-electron chi connectivity index (χ4n) is 3.72. The van der Waals surface area contributed by atoms with Gasteiger partial charge in [-0.1, -0.05) is 39.0 Å². The number of hydrogen-bond acceptors (Lipinski definition) is 2. The molecule has 1 saturated carbocycles. The molecule has 2 aliphatic rings. The predicted molar refractivity (Wildman–Crippen MR) is 76.7 cm³/mol. The Labute approximate surface area is 117 Å².